The van der Waals surface area contributed by atoms with Gasteiger partial charge in [0.1, 0.15) is 0 Å². The lowest BCUT2D eigenvalue weighted by atomic mass is 9.99. The summed E-state index contributed by atoms with van der Waals surface area (Å²) < 4.78 is 0. The van der Waals surface area contributed by atoms with Crippen LogP contribution in [0.25, 0.3) is 5.69 Å². The maximum atomic E-state index is 11.5. The van der Waals surface area contributed by atoms with Crippen LogP contribution in [0.3, 0.4) is 0 Å². The van der Waals surface area contributed by atoms with Crippen molar-refractivity contribution in [3.8, 4) is 5.69 Å². The van der Waals surface area contributed by atoms with Crippen molar-refractivity contribution in [2.75, 3.05) is 18.0 Å². The molecule has 0 atom stereocenters. The van der Waals surface area contributed by atoms with E-state index in [1.54, 1.807) is 24.3 Å². The number of hydrogen-bond acceptors (Lipinski definition) is 4. The van der Waals surface area contributed by atoms with Crippen LogP contribution in [0, 0.1) is 5.92 Å². The molecule has 0 radical (unpaired) electrons. The highest BCUT2D eigenvalue weighted by molar-refractivity contribution is 6.30. The Bertz CT molecular complexity index is 675. The van der Waals surface area contributed by atoms with E-state index in [0.717, 1.165) is 25.9 Å². The smallest absolute Gasteiger partial charge is 0.360 e. The van der Waals surface area contributed by atoms with Gasteiger partial charge in [0.2, 0.25) is 5.69 Å². The van der Waals surface area contributed by atoms with Gasteiger partial charge in [0.25, 0.3) is 0 Å². The van der Waals surface area contributed by atoms with E-state index in [4.69, 9.17) is 11.6 Å². The van der Waals surface area contributed by atoms with Gasteiger partial charge in [-0.3, -0.25) is 0 Å². The Morgan fingerprint density at radius 3 is 2.45 bits per heavy atom. The summed E-state index contributed by atoms with van der Waals surface area (Å²) in [5, 5.41) is 18.5. The van der Waals surface area contributed by atoms with E-state index in [0.29, 0.717) is 22.4 Å². The van der Waals surface area contributed by atoms with Crippen LogP contribution >= 0.6 is 11.6 Å². The van der Waals surface area contributed by atoms with Gasteiger partial charge in [-0.15, -0.1) is 15.0 Å². The van der Waals surface area contributed by atoms with Crippen LogP contribution in [0.2, 0.25) is 5.02 Å². The Morgan fingerprint density at radius 2 is 1.86 bits per heavy atom. The average molecular weight is 321 g/mol. The number of hydrogen-bond donors (Lipinski definition) is 1. The van der Waals surface area contributed by atoms with Gasteiger partial charge in [-0.25, -0.2) is 4.79 Å². The van der Waals surface area contributed by atoms with Crippen molar-refractivity contribution in [2.24, 2.45) is 5.92 Å². The van der Waals surface area contributed by atoms with Crippen LogP contribution in [0.5, 0.6) is 0 Å². The third kappa shape index (κ3) is 2.92. The maximum absolute atomic E-state index is 11.5. The van der Waals surface area contributed by atoms with E-state index < -0.39 is 5.97 Å². The fourth-order valence-corrected chi connectivity index (χ4v) is 2.69. The standard InChI is InChI=1S/C15H17ClN4O2/c1-10-6-8-19(9-7-10)14-13(15(21)22)17-20(18-14)12-4-2-11(16)3-5-12/h2-5,10H,6-9H2,1H3,(H,21,22). The molecule has 0 amide bonds. The molecule has 0 saturated carbocycles. The Balaban J connectivity index is 1.95. The molecule has 6 nitrogen and oxygen atoms in total. The van der Waals surface area contributed by atoms with E-state index in [2.05, 4.69) is 17.1 Å². The molecule has 7 heteroatoms. The summed E-state index contributed by atoms with van der Waals surface area (Å²) in [7, 11) is 0. The lowest BCUT2D eigenvalue weighted by Crippen LogP contribution is -2.34. The van der Waals surface area contributed by atoms with Gasteiger partial charge in [-0.05, 0) is 43.0 Å². The summed E-state index contributed by atoms with van der Waals surface area (Å²) in [6, 6.07) is 6.97. The molecule has 1 aromatic heterocycles. The first-order valence-corrected chi connectivity index (χ1v) is 7.64. The number of carboxylic acid groups (broad SMARTS) is 1. The number of rotatable bonds is 3. The number of piperidine rings is 1. The molecule has 22 heavy (non-hydrogen) atoms. The molecule has 3 rings (SSSR count). The van der Waals surface area contributed by atoms with Crippen LogP contribution < -0.4 is 4.90 Å². The van der Waals surface area contributed by atoms with E-state index in [9.17, 15) is 9.90 Å². The number of carboxylic acids is 1. The summed E-state index contributed by atoms with van der Waals surface area (Å²) >= 11 is 5.87. The number of aromatic carboxylic acids is 1. The quantitative estimate of drug-likeness (QED) is 0.941. The Morgan fingerprint density at radius 1 is 1.23 bits per heavy atom. The highest BCUT2D eigenvalue weighted by Crippen LogP contribution is 2.24. The van der Waals surface area contributed by atoms with Crippen molar-refractivity contribution in [3.63, 3.8) is 0 Å². The van der Waals surface area contributed by atoms with Crippen LogP contribution in [-0.2, 0) is 0 Å². The van der Waals surface area contributed by atoms with Crippen molar-refractivity contribution >= 4 is 23.4 Å². The Labute approximate surface area is 133 Å². The van der Waals surface area contributed by atoms with Gasteiger partial charge in [0.05, 0.1) is 5.69 Å². The van der Waals surface area contributed by atoms with Gasteiger partial charge in [0.15, 0.2) is 5.82 Å². The van der Waals surface area contributed by atoms with Crippen molar-refractivity contribution in [1.82, 2.24) is 15.0 Å². The number of aromatic nitrogens is 3. The highest BCUT2D eigenvalue weighted by atomic mass is 35.5. The lowest BCUT2D eigenvalue weighted by molar-refractivity contribution is 0.0690. The van der Waals surface area contributed by atoms with Crippen LogP contribution in [0.4, 0.5) is 5.82 Å². The number of halogens is 1. The van der Waals surface area contributed by atoms with Gasteiger partial charge >= 0.3 is 5.97 Å². The van der Waals surface area contributed by atoms with Gasteiger partial charge in [-0.2, -0.15) is 0 Å². The Kier molecular flexibility index (Phi) is 4.02. The van der Waals surface area contributed by atoms with E-state index in [-0.39, 0.29) is 5.69 Å². The summed E-state index contributed by atoms with van der Waals surface area (Å²) in [4.78, 5) is 14.8. The van der Waals surface area contributed by atoms with Crippen molar-refractivity contribution in [2.45, 2.75) is 19.8 Å². The largest absolute Gasteiger partial charge is 0.476 e. The second-order valence-electron chi connectivity index (χ2n) is 5.61. The molecule has 0 bridgehead atoms. The molecule has 1 N–H and O–H groups in total. The monoisotopic (exact) mass is 320 g/mol. The molecule has 0 spiro atoms. The minimum Gasteiger partial charge on any atom is -0.476 e. The molecule has 1 aromatic carbocycles. The molecule has 1 fully saturated rings. The van der Waals surface area contributed by atoms with Gasteiger partial charge in [0, 0.05) is 18.1 Å². The lowest BCUT2D eigenvalue weighted by Gasteiger charge is -2.30. The summed E-state index contributed by atoms with van der Waals surface area (Å²) in [6.45, 7) is 3.82. The molecule has 2 heterocycles. The number of benzene rings is 1. The third-order valence-corrected chi connectivity index (χ3v) is 4.19. The summed E-state index contributed by atoms with van der Waals surface area (Å²) in [5.41, 5.74) is 0.674. The third-order valence-electron chi connectivity index (χ3n) is 3.94. The predicted molar refractivity (Wildman–Crippen MR) is 83.9 cm³/mol. The molecule has 116 valence electrons. The first-order chi connectivity index (χ1) is 10.5. The topological polar surface area (TPSA) is 71.2 Å². The first-order valence-electron chi connectivity index (χ1n) is 7.26. The zero-order chi connectivity index (χ0) is 15.7. The average Bonchev–Trinajstić information content (AvgIpc) is 2.94. The molecule has 2 aromatic rings. The second kappa shape index (κ2) is 5.96. The number of anilines is 1. The minimum absolute atomic E-state index is 0.00972. The summed E-state index contributed by atoms with van der Waals surface area (Å²) in [6.07, 6.45) is 2.07. The predicted octanol–water partition coefficient (Wildman–Crippen LogP) is 2.86. The fourth-order valence-electron chi connectivity index (χ4n) is 2.56. The van der Waals surface area contributed by atoms with E-state index in [1.165, 1.54) is 4.80 Å². The molecular weight excluding hydrogens is 304 g/mol. The second-order valence-corrected chi connectivity index (χ2v) is 6.05. The van der Waals surface area contributed by atoms with Crippen LogP contribution in [-0.4, -0.2) is 39.2 Å². The molecular formula is C15H17ClN4O2. The number of nitrogens with zero attached hydrogens (tertiary/aromatic N) is 4. The zero-order valence-electron chi connectivity index (χ0n) is 12.2. The molecule has 1 aliphatic rings. The maximum Gasteiger partial charge on any atom is 0.360 e. The van der Waals surface area contributed by atoms with Crippen molar-refractivity contribution in [1.29, 1.82) is 0 Å². The molecule has 1 aliphatic heterocycles. The summed E-state index contributed by atoms with van der Waals surface area (Å²) in [5.74, 6) is 0.0408. The fraction of sp³-hybridized carbons (Fsp3) is 0.400. The van der Waals surface area contributed by atoms with E-state index in [1.807, 2.05) is 4.90 Å². The first kappa shape index (κ1) is 14.8. The zero-order valence-corrected chi connectivity index (χ0v) is 13.0. The van der Waals surface area contributed by atoms with Gasteiger partial charge < -0.3 is 10.0 Å². The number of carbonyl (C=O) groups is 1. The Hall–Kier alpha value is -2.08. The van der Waals surface area contributed by atoms with Gasteiger partial charge in [-0.1, -0.05) is 18.5 Å². The molecule has 1 saturated heterocycles. The van der Waals surface area contributed by atoms with Crippen molar-refractivity contribution < 1.29 is 9.90 Å². The molecule has 0 unspecified atom stereocenters. The SMILES string of the molecule is CC1CCN(c2nn(-c3ccc(Cl)cc3)nc2C(=O)O)CC1. The van der Waals surface area contributed by atoms with E-state index >= 15 is 0 Å². The normalized spacial score (nSPS) is 16.0. The van der Waals surface area contributed by atoms with Crippen molar-refractivity contribution in [3.05, 3.63) is 35.0 Å². The molecule has 0 aliphatic carbocycles. The van der Waals surface area contributed by atoms with Crippen LogP contribution in [0.1, 0.15) is 30.3 Å². The highest BCUT2D eigenvalue weighted by Gasteiger charge is 2.26. The van der Waals surface area contributed by atoms with Crippen LogP contribution in [0.15, 0.2) is 24.3 Å². The minimum atomic E-state index is -1.06.